The van der Waals surface area contributed by atoms with E-state index in [4.69, 9.17) is 0 Å². The number of rotatable bonds is 5. The molecule has 1 N–H and O–H groups in total. The van der Waals surface area contributed by atoms with Gasteiger partial charge in [0.1, 0.15) is 5.54 Å². The van der Waals surface area contributed by atoms with Gasteiger partial charge < -0.3 is 10.0 Å². The maximum atomic E-state index is 11.6. The summed E-state index contributed by atoms with van der Waals surface area (Å²) in [6.45, 7) is 5.10. The first-order valence-corrected chi connectivity index (χ1v) is 7.79. The van der Waals surface area contributed by atoms with Crippen LogP contribution in [0.3, 0.4) is 0 Å². The first-order chi connectivity index (χ1) is 9.10. The van der Waals surface area contributed by atoms with Gasteiger partial charge in [-0.25, -0.2) is 0 Å². The van der Waals surface area contributed by atoms with Crippen molar-refractivity contribution < 1.29 is 9.90 Å². The standard InChI is InChI=1S/C15H28N2O2/c1-3-15(14(18)19)9-6-11-17(15)12-8-13-7-4-5-10-16(13)2/h13H,3-12H2,1-2H3,(H,18,19). The van der Waals surface area contributed by atoms with Crippen molar-refractivity contribution in [2.24, 2.45) is 0 Å². The zero-order valence-electron chi connectivity index (χ0n) is 12.4. The molecule has 2 fully saturated rings. The minimum atomic E-state index is -0.621. The molecule has 2 unspecified atom stereocenters. The Kier molecular flexibility index (Phi) is 4.85. The van der Waals surface area contributed by atoms with Crippen molar-refractivity contribution in [2.75, 3.05) is 26.7 Å². The highest BCUT2D eigenvalue weighted by atomic mass is 16.4. The zero-order chi connectivity index (χ0) is 13.9. The van der Waals surface area contributed by atoms with E-state index < -0.39 is 11.5 Å². The molecule has 0 aromatic rings. The molecule has 0 aromatic heterocycles. The van der Waals surface area contributed by atoms with Gasteiger partial charge in [-0.05, 0) is 58.7 Å². The number of hydrogen-bond acceptors (Lipinski definition) is 3. The second-order valence-electron chi connectivity index (χ2n) is 6.20. The maximum Gasteiger partial charge on any atom is 0.324 e. The summed E-state index contributed by atoms with van der Waals surface area (Å²) in [7, 11) is 2.21. The van der Waals surface area contributed by atoms with Gasteiger partial charge in [-0.3, -0.25) is 9.69 Å². The molecule has 2 atom stereocenters. The van der Waals surface area contributed by atoms with E-state index in [9.17, 15) is 9.90 Å². The fraction of sp³-hybridized carbons (Fsp3) is 0.933. The van der Waals surface area contributed by atoms with Gasteiger partial charge in [0.15, 0.2) is 0 Å². The van der Waals surface area contributed by atoms with Gasteiger partial charge in [-0.2, -0.15) is 0 Å². The summed E-state index contributed by atoms with van der Waals surface area (Å²) < 4.78 is 0. The number of carboxylic acids is 1. The summed E-state index contributed by atoms with van der Waals surface area (Å²) in [6, 6.07) is 0.651. The van der Waals surface area contributed by atoms with Gasteiger partial charge in [0, 0.05) is 12.6 Å². The molecule has 2 rings (SSSR count). The Hall–Kier alpha value is -0.610. The first kappa shape index (κ1) is 14.8. The number of piperidine rings is 1. The van der Waals surface area contributed by atoms with Crippen molar-refractivity contribution in [3.8, 4) is 0 Å². The van der Waals surface area contributed by atoms with Crippen LogP contribution in [0.2, 0.25) is 0 Å². The van der Waals surface area contributed by atoms with E-state index in [1.165, 1.54) is 25.8 Å². The van der Waals surface area contributed by atoms with Crippen LogP contribution in [-0.2, 0) is 4.79 Å². The van der Waals surface area contributed by atoms with E-state index in [1.807, 2.05) is 6.92 Å². The van der Waals surface area contributed by atoms with E-state index in [2.05, 4.69) is 16.8 Å². The minimum absolute atomic E-state index is 0.576. The maximum absolute atomic E-state index is 11.6. The number of carboxylic acid groups (broad SMARTS) is 1. The molecule has 0 radical (unpaired) electrons. The van der Waals surface area contributed by atoms with Gasteiger partial charge in [0.05, 0.1) is 0 Å². The molecule has 2 aliphatic heterocycles. The SMILES string of the molecule is CCC1(C(=O)O)CCCN1CCC1CCCCN1C. The van der Waals surface area contributed by atoms with E-state index >= 15 is 0 Å². The summed E-state index contributed by atoms with van der Waals surface area (Å²) in [5.74, 6) is -0.621. The summed E-state index contributed by atoms with van der Waals surface area (Å²) in [5, 5.41) is 9.57. The predicted molar refractivity (Wildman–Crippen MR) is 76.4 cm³/mol. The Bertz CT molecular complexity index is 321. The zero-order valence-corrected chi connectivity index (χ0v) is 12.4. The van der Waals surface area contributed by atoms with Crippen molar-refractivity contribution in [3.63, 3.8) is 0 Å². The minimum Gasteiger partial charge on any atom is -0.480 e. The molecule has 110 valence electrons. The molecule has 0 spiro atoms. The lowest BCUT2D eigenvalue weighted by Gasteiger charge is -2.37. The van der Waals surface area contributed by atoms with Crippen LogP contribution in [0.15, 0.2) is 0 Å². The predicted octanol–water partition coefficient (Wildman–Crippen LogP) is 2.19. The largest absolute Gasteiger partial charge is 0.480 e. The Morgan fingerprint density at radius 3 is 2.74 bits per heavy atom. The molecule has 4 heteroatoms. The number of nitrogens with zero attached hydrogens (tertiary/aromatic N) is 2. The van der Waals surface area contributed by atoms with E-state index in [0.29, 0.717) is 6.04 Å². The van der Waals surface area contributed by atoms with Crippen molar-refractivity contribution in [1.29, 1.82) is 0 Å². The summed E-state index contributed by atoms with van der Waals surface area (Å²) in [4.78, 5) is 16.3. The van der Waals surface area contributed by atoms with Gasteiger partial charge in [0.25, 0.3) is 0 Å². The number of carbonyl (C=O) groups is 1. The summed E-state index contributed by atoms with van der Waals surface area (Å²) >= 11 is 0. The lowest BCUT2D eigenvalue weighted by molar-refractivity contribution is -0.150. The van der Waals surface area contributed by atoms with Gasteiger partial charge in [0.2, 0.25) is 0 Å². The molecule has 2 aliphatic rings. The molecular formula is C15H28N2O2. The highest BCUT2D eigenvalue weighted by Crippen LogP contribution is 2.33. The Balaban J connectivity index is 1.92. The molecular weight excluding hydrogens is 240 g/mol. The topological polar surface area (TPSA) is 43.8 Å². The molecule has 0 bridgehead atoms. The molecule has 4 nitrogen and oxygen atoms in total. The molecule has 0 saturated carbocycles. The van der Waals surface area contributed by atoms with Gasteiger partial charge in [-0.15, -0.1) is 0 Å². The Labute approximate surface area is 116 Å². The first-order valence-electron chi connectivity index (χ1n) is 7.79. The molecule has 0 aliphatic carbocycles. The van der Waals surface area contributed by atoms with Crippen molar-refractivity contribution >= 4 is 5.97 Å². The van der Waals surface area contributed by atoms with Crippen LogP contribution in [0, 0.1) is 0 Å². The van der Waals surface area contributed by atoms with E-state index in [0.717, 1.165) is 38.8 Å². The van der Waals surface area contributed by atoms with Crippen molar-refractivity contribution in [2.45, 2.75) is 63.5 Å². The van der Waals surface area contributed by atoms with Crippen LogP contribution in [0.4, 0.5) is 0 Å². The number of likely N-dealkylation sites (tertiary alicyclic amines) is 2. The highest BCUT2D eigenvalue weighted by Gasteiger charge is 2.45. The smallest absolute Gasteiger partial charge is 0.324 e. The Morgan fingerprint density at radius 1 is 1.32 bits per heavy atom. The number of hydrogen-bond donors (Lipinski definition) is 1. The molecule has 19 heavy (non-hydrogen) atoms. The van der Waals surface area contributed by atoms with Crippen LogP contribution < -0.4 is 0 Å². The highest BCUT2D eigenvalue weighted by molar-refractivity contribution is 5.79. The lowest BCUT2D eigenvalue weighted by Crippen LogP contribution is -2.51. The van der Waals surface area contributed by atoms with Crippen LogP contribution in [0.25, 0.3) is 0 Å². The van der Waals surface area contributed by atoms with Crippen LogP contribution in [0.5, 0.6) is 0 Å². The van der Waals surface area contributed by atoms with Crippen molar-refractivity contribution in [3.05, 3.63) is 0 Å². The van der Waals surface area contributed by atoms with Crippen LogP contribution in [0.1, 0.15) is 51.9 Å². The molecule has 0 aromatic carbocycles. The molecule has 0 amide bonds. The third kappa shape index (κ3) is 2.95. The molecule has 2 heterocycles. The van der Waals surface area contributed by atoms with Crippen LogP contribution >= 0.6 is 0 Å². The fourth-order valence-corrected chi connectivity index (χ4v) is 3.87. The number of aliphatic carboxylic acids is 1. The van der Waals surface area contributed by atoms with Gasteiger partial charge >= 0.3 is 5.97 Å². The summed E-state index contributed by atoms with van der Waals surface area (Å²) in [5.41, 5.74) is -0.576. The Morgan fingerprint density at radius 2 is 2.11 bits per heavy atom. The summed E-state index contributed by atoms with van der Waals surface area (Å²) in [6.07, 6.45) is 7.60. The average Bonchev–Trinajstić information content (AvgIpc) is 2.82. The quantitative estimate of drug-likeness (QED) is 0.830. The average molecular weight is 268 g/mol. The third-order valence-corrected chi connectivity index (χ3v) is 5.26. The second kappa shape index (κ2) is 6.23. The van der Waals surface area contributed by atoms with Crippen molar-refractivity contribution in [1.82, 2.24) is 9.80 Å². The van der Waals surface area contributed by atoms with Gasteiger partial charge in [-0.1, -0.05) is 13.3 Å². The van der Waals surface area contributed by atoms with E-state index in [-0.39, 0.29) is 0 Å². The van der Waals surface area contributed by atoms with E-state index in [1.54, 1.807) is 0 Å². The van der Waals surface area contributed by atoms with Crippen LogP contribution in [-0.4, -0.2) is 59.1 Å². The fourth-order valence-electron chi connectivity index (χ4n) is 3.87. The third-order valence-electron chi connectivity index (χ3n) is 5.26. The lowest BCUT2D eigenvalue weighted by atomic mass is 9.92. The second-order valence-corrected chi connectivity index (χ2v) is 6.20. The monoisotopic (exact) mass is 268 g/mol. The molecule has 2 saturated heterocycles. The normalized spacial score (nSPS) is 33.7.